The van der Waals surface area contributed by atoms with Crippen LogP contribution in [0.4, 0.5) is 22.1 Å². The molecule has 0 radical (unpaired) electrons. The number of carbonyl (C=O) groups is 3. The van der Waals surface area contributed by atoms with E-state index in [0.717, 1.165) is 18.4 Å². The third-order valence-corrected chi connectivity index (χ3v) is 6.32. The highest BCUT2D eigenvalue weighted by atomic mass is 16.6. The molecule has 6 N–H and O–H groups in total. The predicted octanol–water partition coefficient (Wildman–Crippen LogP) is 3.05. The van der Waals surface area contributed by atoms with Gasteiger partial charge in [-0.15, -0.1) is 0 Å². The van der Waals surface area contributed by atoms with Crippen LogP contribution in [0.5, 0.6) is 5.75 Å². The van der Waals surface area contributed by atoms with Crippen LogP contribution in [0.15, 0.2) is 18.2 Å². The van der Waals surface area contributed by atoms with Crippen LogP contribution in [0, 0.1) is 0 Å². The zero-order valence-electron chi connectivity index (χ0n) is 25.1. The highest BCUT2D eigenvalue weighted by Crippen LogP contribution is 2.27. The molecule has 13 nitrogen and oxygen atoms in total. The van der Waals surface area contributed by atoms with E-state index in [2.05, 4.69) is 26.3 Å². The quantitative estimate of drug-likeness (QED) is 0.235. The summed E-state index contributed by atoms with van der Waals surface area (Å²) >= 11 is 0. The number of nitrogens with one attached hydrogen (secondary N) is 4. The van der Waals surface area contributed by atoms with Gasteiger partial charge in [-0.1, -0.05) is 6.92 Å². The lowest BCUT2D eigenvalue weighted by Crippen LogP contribution is -2.35. The van der Waals surface area contributed by atoms with E-state index in [0.29, 0.717) is 55.5 Å². The van der Waals surface area contributed by atoms with E-state index >= 15 is 0 Å². The Bertz CT molecular complexity index is 1240. The molecule has 0 saturated carbocycles. The van der Waals surface area contributed by atoms with Crippen molar-refractivity contribution < 1.29 is 28.6 Å². The molecule has 13 heteroatoms. The van der Waals surface area contributed by atoms with Crippen LogP contribution in [0.25, 0.3) is 0 Å². The summed E-state index contributed by atoms with van der Waals surface area (Å²) in [5.74, 6) is 0.531. The van der Waals surface area contributed by atoms with E-state index in [9.17, 15) is 14.4 Å². The van der Waals surface area contributed by atoms with Gasteiger partial charge in [0.1, 0.15) is 11.4 Å². The van der Waals surface area contributed by atoms with Crippen molar-refractivity contribution in [3.05, 3.63) is 35.2 Å². The third kappa shape index (κ3) is 10.4. The average molecular weight is 586 g/mol. The largest absolute Gasteiger partial charge is 0.497 e. The molecule has 3 rings (SSSR count). The molecule has 1 aromatic heterocycles. The number of nitrogens with two attached hydrogens (primary N) is 1. The van der Waals surface area contributed by atoms with Crippen molar-refractivity contribution in [3.8, 4) is 5.75 Å². The fraction of sp³-hybridized carbons (Fsp3) is 0.552. The number of hydrogen-bond acceptors (Lipinski definition) is 10. The van der Waals surface area contributed by atoms with Gasteiger partial charge in [-0.3, -0.25) is 9.59 Å². The number of ether oxygens (including phenoxy) is 3. The zero-order chi connectivity index (χ0) is 30.7. The molecule has 2 aromatic rings. The molecule has 2 heterocycles. The van der Waals surface area contributed by atoms with Crippen molar-refractivity contribution in [2.75, 3.05) is 44.0 Å². The first kappa shape index (κ1) is 32.4. The van der Waals surface area contributed by atoms with E-state index in [1.807, 2.05) is 19.1 Å². The van der Waals surface area contributed by atoms with Gasteiger partial charge < -0.3 is 41.2 Å². The van der Waals surface area contributed by atoms with Gasteiger partial charge in [-0.2, -0.15) is 0 Å². The number of carbonyl (C=O) groups excluding carboxylic acids is 3. The molecule has 0 aliphatic carbocycles. The lowest BCUT2D eigenvalue weighted by Gasteiger charge is -2.25. The Labute approximate surface area is 246 Å². The number of nitrogens with zero attached hydrogens (tertiary/aromatic N) is 2. The van der Waals surface area contributed by atoms with Crippen molar-refractivity contribution in [1.82, 2.24) is 20.6 Å². The first-order valence-corrected chi connectivity index (χ1v) is 14.2. The van der Waals surface area contributed by atoms with Gasteiger partial charge in [0, 0.05) is 50.5 Å². The van der Waals surface area contributed by atoms with E-state index in [1.165, 1.54) is 0 Å². The summed E-state index contributed by atoms with van der Waals surface area (Å²) in [5.41, 5.74) is 7.27. The second-order valence-corrected chi connectivity index (χ2v) is 10.9. The third-order valence-electron chi connectivity index (χ3n) is 6.32. The van der Waals surface area contributed by atoms with Crippen LogP contribution in [0.1, 0.15) is 68.7 Å². The molecule has 1 fully saturated rings. The summed E-state index contributed by atoms with van der Waals surface area (Å²) in [7, 11) is 1.56. The molecule has 42 heavy (non-hydrogen) atoms. The second kappa shape index (κ2) is 15.2. The molecule has 1 aliphatic heterocycles. The predicted molar refractivity (Wildman–Crippen MR) is 159 cm³/mol. The number of primary amides is 1. The number of aryl methyl sites for hydroxylation is 1. The summed E-state index contributed by atoms with van der Waals surface area (Å²) in [6.45, 7) is 9.14. The maximum atomic E-state index is 12.3. The van der Waals surface area contributed by atoms with Gasteiger partial charge in [0.25, 0.3) is 5.91 Å². The molecule has 0 bridgehead atoms. The fourth-order valence-corrected chi connectivity index (χ4v) is 4.29. The highest BCUT2D eigenvalue weighted by Gasteiger charge is 2.21. The number of rotatable bonds is 13. The molecular weight excluding hydrogens is 542 g/mol. The van der Waals surface area contributed by atoms with E-state index in [-0.39, 0.29) is 36.4 Å². The summed E-state index contributed by atoms with van der Waals surface area (Å²) in [6.07, 6.45) is 2.34. The molecular formula is C29H43N7O6. The topological polar surface area (TPSA) is 179 Å². The van der Waals surface area contributed by atoms with Gasteiger partial charge >= 0.3 is 6.09 Å². The molecule has 3 amide bonds. The Morgan fingerprint density at radius 1 is 1.05 bits per heavy atom. The Morgan fingerprint density at radius 2 is 1.79 bits per heavy atom. The molecule has 0 unspecified atom stereocenters. The van der Waals surface area contributed by atoms with E-state index in [4.69, 9.17) is 24.9 Å². The number of hydrogen-bond donors (Lipinski definition) is 5. The van der Waals surface area contributed by atoms with Gasteiger partial charge in [0.2, 0.25) is 5.91 Å². The fourth-order valence-electron chi connectivity index (χ4n) is 4.29. The van der Waals surface area contributed by atoms with Crippen LogP contribution in [-0.4, -0.2) is 72.9 Å². The molecule has 1 saturated heterocycles. The van der Waals surface area contributed by atoms with Crippen molar-refractivity contribution in [2.24, 2.45) is 5.73 Å². The number of alkyl carbamates (subject to hydrolysis) is 1. The SMILES string of the molecule is CCc1nc(C(N)=O)c(Nc2cc(CCNC(=O)CCNC(=O)OC(C)(C)C)cc(OC)c2)nc1NC1CCOCC1. The lowest BCUT2D eigenvalue weighted by atomic mass is 10.1. The summed E-state index contributed by atoms with van der Waals surface area (Å²) < 4.78 is 16.1. The van der Waals surface area contributed by atoms with Gasteiger partial charge in [0.05, 0.1) is 12.8 Å². The van der Waals surface area contributed by atoms with Crippen LogP contribution < -0.4 is 31.7 Å². The van der Waals surface area contributed by atoms with Crippen LogP contribution in [0.2, 0.25) is 0 Å². The minimum Gasteiger partial charge on any atom is -0.497 e. The number of amides is 3. The number of aromatic nitrogens is 2. The number of anilines is 3. The number of benzene rings is 1. The van der Waals surface area contributed by atoms with Gasteiger partial charge in [-0.05, 0) is 64.2 Å². The summed E-state index contributed by atoms with van der Waals surface area (Å²) in [5, 5.41) is 12.1. The van der Waals surface area contributed by atoms with Crippen molar-refractivity contribution in [3.63, 3.8) is 0 Å². The highest BCUT2D eigenvalue weighted by molar-refractivity contribution is 5.96. The Hall–Kier alpha value is -4.13. The smallest absolute Gasteiger partial charge is 0.407 e. The first-order valence-electron chi connectivity index (χ1n) is 14.2. The van der Waals surface area contributed by atoms with Crippen molar-refractivity contribution in [2.45, 2.75) is 71.4 Å². The molecule has 1 aliphatic rings. The number of methoxy groups -OCH3 is 1. The Kier molecular flexibility index (Phi) is 11.7. The molecule has 0 atom stereocenters. The molecule has 230 valence electrons. The minimum atomic E-state index is -0.690. The first-order chi connectivity index (χ1) is 20.0. The maximum Gasteiger partial charge on any atom is 0.407 e. The van der Waals surface area contributed by atoms with Crippen LogP contribution in [-0.2, 0) is 27.1 Å². The molecule has 0 spiro atoms. The van der Waals surface area contributed by atoms with Crippen LogP contribution in [0.3, 0.4) is 0 Å². The minimum absolute atomic E-state index is 0.0426. The monoisotopic (exact) mass is 585 g/mol. The summed E-state index contributed by atoms with van der Waals surface area (Å²) in [6, 6.07) is 5.71. The van der Waals surface area contributed by atoms with E-state index < -0.39 is 17.6 Å². The van der Waals surface area contributed by atoms with Crippen LogP contribution >= 0.6 is 0 Å². The van der Waals surface area contributed by atoms with Crippen molar-refractivity contribution >= 4 is 35.2 Å². The standard InChI is InChI=1S/C29H43N7O6/c1-6-22-26(33-19-9-13-41-14-10-19)36-27(24(35-22)25(30)38)34-20-15-18(16-21(17-20)40-5)7-11-31-23(37)8-12-32-28(39)42-29(2,3)4/h15-17,19H,6-14H2,1-5H3,(H2,30,38)(H,31,37)(H,32,39)(H2,33,34,36). The lowest BCUT2D eigenvalue weighted by molar-refractivity contribution is -0.120. The van der Waals surface area contributed by atoms with Gasteiger partial charge in [0.15, 0.2) is 17.3 Å². The Balaban J connectivity index is 1.66. The zero-order valence-corrected chi connectivity index (χ0v) is 25.1. The summed E-state index contributed by atoms with van der Waals surface area (Å²) in [4.78, 5) is 45.5. The second-order valence-electron chi connectivity index (χ2n) is 10.9. The Morgan fingerprint density at radius 3 is 2.43 bits per heavy atom. The maximum absolute atomic E-state index is 12.3. The average Bonchev–Trinajstić information content (AvgIpc) is 2.92. The van der Waals surface area contributed by atoms with E-state index in [1.54, 1.807) is 33.9 Å². The van der Waals surface area contributed by atoms with Gasteiger partial charge in [-0.25, -0.2) is 14.8 Å². The van der Waals surface area contributed by atoms with Crippen molar-refractivity contribution in [1.29, 1.82) is 0 Å². The normalized spacial score (nSPS) is 13.6. The molecule has 1 aromatic carbocycles.